The largest absolute Gasteiger partial charge is 0.309 e. The molecular weight excluding hydrogens is 747 g/mol. The van der Waals surface area contributed by atoms with Gasteiger partial charge in [0, 0.05) is 22.2 Å². The van der Waals surface area contributed by atoms with Gasteiger partial charge in [-0.25, -0.2) is 0 Å². The second kappa shape index (κ2) is 13.2. The highest BCUT2D eigenvalue weighted by molar-refractivity contribution is 6.09. The molecule has 6 unspecified atom stereocenters. The van der Waals surface area contributed by atoms with E-state index in [1.54, 1.807) is 11.1 Å². The Bertz CT molecular complexity index is 3080. The van der Waals surface area contributed by atoms with Crippen LogP contribution in [-0.2, 0) is 10.8 Å². The van der Waals surface area contributed by atoms with Crippen molar-refractivity contribution in [3.05, 3.63) is 199 Å². The second-order valence-corrected chi connectivity index (χ2v) is 20.3. The number of benzene rings is 8. The molecule has 13 rings (SSSR count). The van der Waals surface area contributed by atoms with Crippen LogP contribution in [0.15, 0.2) is 182 Å². The lowest BCUT2D eigenvalue weighted by Gasteiger charge is -2.76. The number of nitrogens with zero attached hydrogens (tertiary/aromatic N) is 1. The molecule has 4 fully saturated rings. The van der Waals surface area contributed by atoms with Crippen LogP contribution in [0.2, 0.25) is 0 Å². The van der Waals surface area contributed by atoms with E-state index < -0.39 is 0 Å². The van der Waals surface area contributed by atoms with Gasteiger partial charge in [0.2, 0.25) is 0 Å². The first-order valence-corrected chi connectivity index (χ1v) is 23.3. The molecule has 0 N–H and O–H groups in total. The van der Waals surface area contributed by atoms with Crippen molar-refractivity contribution in [3.63, 3.8) is 0 Å². The average molecular weight is 800 g/mol. The van der Waals surface area contributed by atoms with E-state index in [-0.39, 0.29) is 10.8 Å². The zero-order chi connectivity index (χ0) is 41.4. The third-order valence-corrected chi connectivity index (χ3v) is 16.9. The zero-order valence-corrected chi connectivity index (χ0v) is 36.1. The van der Waals surface area contributed by atoms with Crippen LogP contribution in [0.5, 0.6) is 0 Å². The van der Waals surface area contributed by atoms with Gasteiger partial charge in [-0.1, -0.05) is 172 Å². The highest BCUT2D eigenvalue weighted by Crippen LogP contribution is 2.89. The summed E-state index contributed by atoms with van der Waals surface area (Å²) in [6.07, 6.45) is 7.11. The van der Waals surface area contributed by atoms with E-state index >= 15 is 0 Å². The van der Waals surface area contributed by atoms with Crippen LogP contribution in [0.1, 0.15) is 69.6 Å². The quantitative estimate of drug-likeness (QED) is 0.162. The number of rotatable bonds is 6. The van der Waals surface area contributed by atoms with Crippen molar-refractivity contribution >= 4 is 27.8 Å². The van der Waals surface area contributed by atoms with Crippen LogP contribution in [0, 0.1) is 29.1 Å². The van der Waals surface area contributed by atoms with Crippen molar-refractivity contribution < 1.29 is 0 Å². The third kappa shape index (κ3) is 4.75. The van der Waals surface area contributed by atoms with E-state index in [1.807, 2.05) is 0 Å². The monoisotopic (exact) mass is 799 g/mol. The Balaban J connectivity index is 1.08. The lowest BCUT2D eigenvalue weighted by atomic mass is 9.27. The fourth-order valence-electron chi connectivity index (χ4n) is 14.6. The van der Waals surface area contributed by atoms with Crippen molar-refractivity contribution in [2.75, 3.05) is 4.90 Å². The average Bonchev–Trinajstić information content (AvgIpc) is 3.95. The van der Waals surface area contributed by atoms with Gasteiger partial charge in [-0.15, -0.1) is 0 Å². The molecule has 8 aromatic carbocycles. The van der Waals surface area contributed by atoms with Crippen molar-refractivity contribution in [1.29, 1.82) is 0 Å². The summed E-state index contributed by atoms with van der Waals surface area (Å²) in [4.78, 5) is 2.63. The molecule has 0 heterocycles. The summed E-state index contributed by atoms with van der Waals surface area (Å²) in [5, 5.41) is 2.54. The number of hydrogen-bond acceptors (Lipinski definition) is 1. The maximum atomic E-state index is 2.68. The van der Waals surface area contributed by atoms with Crippen LogP contribution in [0.4, 0.5) is 17.1 Å². The van der Waals surface area contributed by atoms with E-state index in [2.05, 4.69) is 208 Å². The van der Waals surface area contributed by atoms with Gasteiger partial charge < -0.3 is 4.90 Å². The molecule has 5 aliphatic carbocycles. The molecule has 0 aliphatic heterocycles. The summed E-state index contributed by atoms with van der Waals surface area (Å²) in [5.74, 6) is 3.36. The molecule has 0 amide bonds. The molecule has 1 heteroatoms. The molecule has 0 aromatic heterocycles. The molecule has 62 heavy (non-hydrogen) atoms. The summed E-state index contributed by atoms with van der Waals surface area (Å²) >= 11 is 0. The molecule has 6 atom stereocenters. The van der Waals surface area contributed by atoms with Crippen LogP contribution < -0.4 is 4.90 Å². The maximum absolute atomic E-state index is 2.68. The van der Waals surface area contributed by atoms with E-state index in [9.17, 15) is 0 Å². The summed E-state index contributed by atoms with van der Waals surface area (Å²) < 4.78 is 0. The first kappa shape index (κ1) is 36.5. The molecule has 302 valence electrons. The highest BCUT2D eigenvalue weighted by atomic mass is 15.1. The molecule has 8 aromatic rings. The zero-order valence-electron chi connectivity index (χ0n) is 36.1. The Morgan fingerprint density at radius 1 is 0.452 bits per heavy atom. The van der Waals surface area contributed by atoms with Gasteiger partial charge in [-0.3, -0.25) is 0 Å². The second-order valence-electron chi connectivity index (χ2n) is 20.3. The fourth-order valence-corrected chi connectivity index (χ4v) is 14.6. The van der Waals surface area contributed by atoms with Gasteiger partial charge >= 0.3 is 0 Å². The summed E-state index contributed by atoms with van der Waals surface area (Å²) in [6, 6.07) is 69.4. The smallest absolute Gasteiger partial charge is 0.0540 e. The Labute approximate surface area is 367 Å². The van der Waals surface area contributed by atoms with Crippen molar-refractivity contribution in [2.45, 2.75) is 63.7 Å². The molecule has 5 aliphatic rings. The van der Waals surface area contributed by atoms with E-state index in [4.69, 9.17) is 0 Å². The summed E-state index contributed by atoms with van der Waals surface area (Å²) in [5.41, 5.74) is 19.3. The minimum absolute atomic E-state index is 0.00644. The predicted octanol–water partition coefficient (Wildman–Crippen LogP) is 16.3. The van der Waals surface area contributed by atoms with Crippen LogP contribution in [0.3, 0.4) is 0 Å². The standard InChI is InChI=1S/C61H53N/c1-59(2,3)43-30-34-55(51(36-43)40-18-8-5-9-19-40)62(54-27-13-11-23-49(54)50-25-15-21-41-20-14-24-46(58(41)50)39-16-6-4-7-17-39)45-32-33-48-47-22-10-12-26-52(47)61(53(48)38-45)56-35-31-42-28-29-44-37-57(61)60(42,44)56/h4-27,30,32-34,36,38,42,44,56-57H,28-29,31,35,37H2,1-3H3. The summed E-state index contributed by atoms with van der Waals surface area (Å²) in [7, 11) is 0. The highest BCUT2D eigenvalue weighted by Gasteiger charge is 2.84. The Morgan fingerprint density at radius 3 is 1.84 bits per heavy atom. The normalized spacial score (nSPS) is 24.8. The number of fused-ring (bicyclic) bond motifs is 8. The third-order valence-electron chi connectivity index (χ3n) is 16.9. The first-order chi connectivity index (χ1) is 30.4. The topological polar surface area (TPSA) is 3.24 Å². The molecular formula is C61H53N. The maximum Gasteiger partial charge on any atom is 0.0540 e. The van der Waals surface area contributed by atoms with Gasteiger partial charge in [-0.2, -0.15) is 0 Å². The van der Waals surface area contributed by atoms with Gasteiger partial charge in [0.25, 0.3) is 0 Å². The van der Waals surface area contributed by atoms with Crippen LogP contribution in [-0.4, -0.2) is 0 Å². The SMILES string of the molecule is CC(C)(C)c1ccc(N(c2ccc3c(c2)C2(c4ccccc4-3)C3CCC4CCC5CC2C453)c2ccccc2-c2cccc3cccc(-c4ccccc4)c23)c(-c2ccccc2)c1. The number of para-hydroxylation sites is 1. The van der Waals surface area contributed by atoms with Gasteiger partial charge in [0.1, 0.15) is 0 Å². The van der Waals surface area contributed by atoms with E-state index in [1.165, 1.54) is 110 Å². The van der Waals surface area contributed by atoms with Gasteiger partial charge in [0.05, 0.1) is 11.4 Å². The fraction of sp³-hybridized carbons (Fsp3) is 0.246. The molecule has 4 saturated carbocycles. The van der Waals surface area contributed by atoms with Crippen molar-refractivity contribution in [2.24, 2.45) is 29.1 Å². The number of hydrogen-bond donors (Lipinski definition) is 0. The van der Waals surface area contributed by atoms with Gasteiger partial charge in [0.15, 0.2) is 0 Å². The van der Waals surface area contributed by atoms with Crippen LogP contribution >= 0.6 is 0 Å². The van der Waals surface area contributed by atoms with Crippen molar-refractivity contribution in [3.8, 4) is 44.5 Å². The van der Waals surface area contributed by atoms with Crippen molar-refractivity contribution in [1.82, 2.24) is 0 Å². The van der Waals surface area contributed by atoms with E-state index in [0.29, 0.717) is 5.41 Å². The minimum atomic E-state index is -0.00644. The van der Waals surface area contributed by atoms with Crippen LogP contribution in [0.25, 0.3) is 55.3 Å². The summed E-state index contributed by atoms with van der Waals surface area (Å²) in [6.45, 7) is 7.00. The Morgan fingerprint density at radius 2 is 1.06 bits per heavy atom. The van der Waals surface area contributed by atoms with Gasteiger partial charge in [-0.05, 0) is 158 Å². The molecule has 0 saturated heterocycles. The molecule has 1 nitrogen and oxygen atoms in total. The van der Waals surface area contributed by atoms with E-state index in [0.717, 1.165) is 23.7 Å². The lowest BCUT2D eigenvalue weighted by Crippen LogP contribution is -2.74. The first-order valence-electron chi connectivity index (χ1n) is 23.3. The molecule has 0 bridgehead atoms. The molecule has 0 radical (unpaired) electrons. The molecule has 2 spiro atoms. The predicted molar refractivity (Wildman–Crippen MR) is 259 cm³/mol. The Kier molecular flexibility index (Phi) is 7.75. The lowest BCUT2D eigenvalue weighted by molar-refractivity contribution is -0.234. The minimum Gasteiger partial charge on any atom is -0.309 e. The Hall–Kier alpha value is -6.18. The number of anilines is 3.